The molecule has 0 radical (unpaired) electrons. The highest BCUT2D eigenvalue weighted by atomic mass is 16.6. The van der Waals surface area contributed by atoms with E-state index in [1.807, 2.05) is 31.2 Å². The summed E-state index contributed by atoms with van der Waals surface area (Å²) in [6.45, 7) is 1.88. The van der Waals surface area contributed by atoms with Crippen LogP contribution in [0.2, 0.25) is 0 Å². The van der Waals surface area contributed by atoms with Crippen molar-refractivity contribution in [3.8, 4) is 11.1 Å². The van der Waals surface area contributed by atoms with Gasteiger partial charge in [-0.2, -0.15) is 0 Å². The Balaban J connectivity index is 2.12. The first-order valence-electron chi connectivity index (χ1n) is 6.33. The number of hydrogen-bond acceptors (Lipinski definition) is 2. The molecule has 1 aliphatic carbocycles. The number of carbonyl (C=O) groups is 1. The van der Waals surface area contributed by atoms with Crippen molar-refractivity contribution in [2.75, 3.05) is 0 Å². The normalized spacial score (nSPS) is 14.6. The van der Waals surface area contributed by atoms with Crippen LogP contribution in [0.25, 0.3) is 11.1 Å². The van der Waals surface area contributed by atoms with Crippen molar-refractivity contribution in [3.63, 3.8) is 0 Å². The number of amides is 1. The van der Waals surface area contributed by atoms with E-state index in [1.54, 1.807) is 0 Å². The molecule has 1 aliphatic rings. The van der Waals surface area contributed by atoms with Crippen LogP contribution in [-0.4, -0.2) is 12.2 Å². The van der Waals surface area contributed by atoms with Crippen LogP contribution < -0.4 is 5.73 Å². The van der Waals surface area contributed by atoms with Crippen LogP contribution in [-0.2, 0) is 4.74 Å². The van der Waals surface area contributed by atoms with E-state index in [0.717, 1.165) is 0 Å². The third-order valence-corrected chi connectivity index (χ3v) is 3.65. The lowest BCUT2D eigenvalue weighted by atomic mass is 9.92. The molecule has 96 valence electrons. The van der Waals surface area contributed by atoms with Gasteiger partial charge in [0.2, 0.25) is 0 Å². The van der Waals surface area contributed by atoms with E-state index >= 15 is 0 Å². The molecule has 1 amide bonds. The summed E-state index contributed by atoms with van der Waals surface area (Å²) in [7, 11) is 0. The van der Waals surface area contributed by atoms with Gasteiger partial charge < -0.3 is 10.5 Å². The van der Waals surface area contributed by atoms with Crippen LogP contribution in [0.5, 0.6) is 0 Å². The molecule has 1 unspecified atom stereocenters. The molecule has 1 atom stereocenters. The van der Waals surface area contributed by atoms with Crippen LogP contribution in [0.4, 0.5) is 4.79 Å². The summed E-state index contributed by atoms with van der Waals surface area (Å²) in [5.41, 5.74) is 9.95. The second-order valence-electron chi connectivity index (χ2n) is 4.79. The number of rotatable bonds is 2. The molecule has 0 spiro atoms. The Morgan fingerprint density at radius 1 is 1.05 bits per heavy atom. The Morgan fingerprint density at radius 3 is 2.00 bits per heavy atom. The first kappa shape index (κ1) is 11.8. The van der Waals surface area contributed by atoms with Gasteiger partial charge in [-0.15, -0.1) is 0 Å². The highest BCUT2D eigenvalue weighted by Crippen LogP contribution is 2.46. The molecular weight excluding hydrogens is 238 g/mol. The average Bonchev–Trinajstić information content (AvgIpc) is 2.72. The zero-order valence-electron chi connectivity index (χ0n) is 10.7. The second-order valence-corrected chi connectivity index (χ2v) is 4.79. The minimum Gasteiger partial charge on any atom is -0.446 e. The number of primary amides is 1. The summed E-state index contributed by atoms with van der Waals surface area (Å²) in [5.74, 6) is 0.0555. The zero-order valence-corrected chi connectivity index (χ0v) is 10.7. The fourth-order valence-corrected chi connectivity index (χ4v) is 2.95. The molecule has 2 aromatic rings. The molecule has 0 heterocycles. The lowest BCUT2D eigenvalue weighted by molar-refractivity contribution is 0.108. The van der Waals surface area contributed by atoms with Crippen molar-refractivity contribution >= 4 is 6.09 Å². The fraction of sp³-hybridized carbons (Fsp3) is 0.188. The first-order valence-corrected chi connectivity index (χ1v) is 6.33. The summed E-state index contributed by atoms with van der Waals surface area (Å²) in [4.78, 5) is 11.0. The molecule has 3 heteroatoms. The standard InChI is InChI=1S/C16H15NO2/c1-10(19-16(17)18)15-13-8-4-2-6-11(13)12-7-3-5-9-14(12)15/h2-10,15H,1H3,(H2,17,18). The molecule has 2 aromatic carbocycles. The van der Waals surface area contributed by atoms with Gasteiger partial charge in [-0.05, 0) is 29.2 Å². The molecule has 0 saturated heterocycles. The molecule has 0 saturated carbocycles. The van der Waals surface area contributed by atoms with E-state index in [1.165, 1.54) is 22.3 Å². The third kappa shape index (κ3) is 1.87. The van der Waals surface area contributed by atoms with Crippen molar-refractivity contribution < 1.29 is 9.53 Å². The maximum absolute atomic E-state index is 11.0. The van der Waals surface area contributed by atoms with Gasteiger partial charge in [0.05, 0.1) is 0 Å². The number of hydrogen-bond donors (Lipinski definition) is 1. The van der Waals surface area contributed by atoms with Gasteiger partial charge in [-0.3, -0.25) is 0 Å². The Hall–Kier alpha value is -2.29. The second kappa shape index (κ2) is 4.43. The lowest BCUT2D eigenvalue weighted by Gasteiger charge is -2.21. The molecule has 3 nitrogen and oxygen atoms in total. The van der Waals surface area contributed by atoms with Gasteiger partial charge in [0.1, 0.15) is 6.10 Å². The van der Waals surface area contributed by atoms with Gasteiger partial charge in [0.15, 0.2) is 0 Å². The lowest BCUT2D eigenvalue weighted by Crippen LogP contribution is -2.25. The molecule has 0 bridgehead atoms. The van der Waals surface area contributed by atoms with E-state index < -0.39 is 6.09 Å². The topological polar surface area (TPSA) is 52.3 Å². The summed E-state index contributed by atoms with van der Waals surface area (Å²) < 4.78 is 5.19. The van der Waals surface area contributed by atoms with E-state index in [9.17, 15) is 4.79 Å². The maximum atomic E-state index is 11.0. The third-order valence-electron chi connectivity index (χ3n) is 3.65. The fourth-order valence-electron chi connectivity index (χ4n) is 2.95. The molecule has 2 N–H and O–H groups in total. The van der Waals surface area contributed by atoms with E-state index in [2.05, 4.69) is 24.3 Å². The van der Waals surface area contributed by atoms with Crippen molar-refractivity contribution in [2.24, 2.45) is 5.73 Å². The Bertz CT molecular complexity index is 591. The summed E-state index contributed by atoms with van der Waals surface area (Å²) in [6, 6.07) is 16.4. The van der Waals surface area contributed by atoms with Crippen molar-refractivity contribution in [1.29, 1.82) is 0 Å². The summed E-state index contributed by atoms with van der Waals surface area (Å²) in [6.07, 6.45) is -1.00. The predicted molar refractivity (Wildman–Crippen MR) is 73.9 cm³/mol. The Morgan fingerprint density at radius 2 is 1.53 bits per heavy atom. The number of ether oxygens (including phenoxy) is 1. The largest absolute Gasteiger partial charge is 0.446 e. The smallest absolute Gasteiger partial charge is 0.404 e. The quantitative estimate of drug-likeness (QED) is 0.892. The Labute approximate surface area is 112 Å². The van der Waals surface area contributed by atoms with Crippen LogP contribution in [0.3, 0.4) is 0 Å². The summed E-state index contributed by atoms with van der Waals surface area (Å²) >= 11 is 0. The number of carbonyl (C=O) groups excluding carboxylic acids is 1. The monoisotopic (exact) mass is 253 g/mol. The zero-order chi connectivity index (χ0) is 13.4. The highest BCUT2D eigenvalue weighted by Gasteiger charge is 2.33. The molecule has 19 heavy (non-hydrogen) atoms. The van der Waals surface area contributed by atoms with Crippen LogP contribution in [0, 0.1) is 0 Å². The minimum atomic E-state index is -0.727. The summed E-state index contributed by atoms with van der Waals surface area (Å²) in [5, 5.41) is 0. The molecule has 0 aliphatic heterocycles. The van der Waals surface area contributed by atoms with Gasteiger partial charge in [-0.25, -0.2) is 4.79 Å². The number of benzene rings is 2. The molecule has 3 rings (SSSR count). The van der Waals surface area contributed by atoms with Crippen molar-refractivity contribution in [1.82, 2.24) is 0 Å². The van der Waals surface area contributed by atoms with E-state index in [0.29, 0.717) is 0 Å². The van der Waals surface area contributed by atoms with Crippen LogP contribution in [0.15, 0.2) is 48.5 Å². The highest BCUT2D eigenvalue weighted by molar-refractivity contribution is 5.79. The van der Waals surface area contributed by atoms with Crippen molar-refractivity contribution in [3.05, 3.63) is 59.7 Å². The number of fused-ring (bicyclic) bond motifs is 3. The Kier molecular flexibility index (Phi) is 2.75. The number of nitrogens with two attached hydrogens (primary N) is 1. The molecule has 0 fully saturated rings. The van der Waals surface area contributed by atoms with Gasteiger partial charge >= 0.3 is 6.09 Å². The first-order chi connectivity index (χ1) is 9.18. The van der Waals surface area contributed by atoms with Crippen LogP contribution >= 0.6 is 0 Å². The average molecular weight is 253 g/mol. The van der Waals surface area contributed by atoms with Gasteiger partial charge in [-0.1, -0.05) is 48.5 Å². The molecule has 0 aromatic heterocycles. The van der Waals surface area contributed by atoms with E-state index in [4.69, 9.17) is 10.5 Å². The SMILES string of the molecule is CC(OC(N)=O)C1c2ccccc2-c2ccccc21. The maximum Gasteiger partial charge on any atom is 0.404 e. The minimum absolute atomic E-state index is 0.0555. The molecular formula is C16H15NO2. The van der Waals surface area contributed by atoms with Gasteiger partial charge in [0, 0.05) is 5.92 Å². The van der Waals surface area contributed by atoms with Crippen molar-refractivity contribution in [2.45, 2.75) is 18.9 Å². The van der Waals surface area contributed by atoms with Gasteiger partial charge in [0.25, 0.3) is 0 Å². The predicted octanol–water partition coefficient (Wildman–Crippen LogP) is 3.28. The van der Waals surface area contributed by atoms with E-state index in [-0.39, 0.29) is 12.0 Å². The van der Waals surface area contributed by atoms with Crippen LogP contribution in [0.1, 0.15) is 24.0 Å².